The molecule has 0 bridgehead atoms. The van der Waals surface area contributed by atoms with Crippen LogP contribution in [0.1, 0.15) is 22.3 Å². The van der Waals surface area contributed by atoms with E-state index in [1.165, 1.54) is 44.8 Å². The zero-order chi connectivity index (χ0) is 44.6. The first kappa shape index (κ1) is 46.3. The summed E-state index contributed by atoms with van der Waals surface area (Å²) in [6.45, 7) is 0. The Labute approximate surface area is 329 Å². The van der Waals surface area contributed by atoms with E-state index < -0.39 is 45.2 Å². The minimum Gasteiger partial charge on any atom is -0.743 e. The second kappa shape index (κ2) is 16.4. The lowest BCUT2D eigenvalue weighted by Gasteiger charge is -2.39. The maximum Gasteiger partial charge on any atom is 0.460 e. The van der Waals surface area contributed by atoms with Crippen molar-refractivity contribution in [3.8, 4) is 0 Å². The number of anilines is 2. The van der Waals surface area contributed by atoms with Gasteiger partial charge in [-0.05, 0) is 64.2 Å². The predicted octanol–water partition coefficient (Wildman–Crippen LogP) is 8.78. The summed E-state index contributed by atoms with van der Waals surface area (Å²) in [5, 5.41) is -7.63. The highest BCUT2D eigenvalue weighted by molar-refractivity contribution is 7.86. The Balaban J connectivity index is 0.000000291. The topological polar surface area (TPSA) is 77.7 Å². The largest absolute Gasteiger partial charge is 0.743 e. The Morgan fingerprint density at radius 2 is 0.932 bits per heavy atom. The van der Waals surface area contributed by atoms with Gasteiger partial charge < -0.3 is 14.4 Å². The Kier molecular flexibility index (Phi) is 12.8. The zero-order valence-corrected chi connectivity index (χ0v) is 31.7. The van der Waals surface area contributed by atoms with Gasteiger partial charge in [0.1, 0.15) is 0 Å². The average molecular weight is 870 g/mol. The van der Waals surface area contributed by atoms with Gasteiger partial charge in [-0.15, -0.1) is 0 Å². The van der Waals surface area contributed by atoms with Crippen LogP contribution in [-0.4, -0.2) is 82.0 Å². The molecule has 0 fully saturated rings. The number of fused-ring (bicyclic) bond motifs is 1. The van der Waals surface area contributed by atoms with E-state index in [4.69, 9.17) is 0 Å². The first-order valence-electron chi connectivity index (χ1n) is 16.7. The number of nitrogens with zero attached hydrogens (tertiary/aromatic N) is 2. The highest BCUT2D eigenvalue weighted by atomic mass is 32.2. The third kappa shape index (κ3) is 8.69. The first-order valence-corrected chi connectivity index (χ1v) is 18.1. The molecule has 0 heterocycles. The molecule has 4 aromatic carbocycles. The Bertz CT molecular complexity index is 2270. The molecule has 4 aromatic rings. The van der Waals surface area contributed by atoms with Gasteiger partial charge in [-0.25, -0.2) is 13.4 Å². The van der Waals surface area contributed by atoms with Crippen molar-refractivity contribution >= 4 is 44.0 Å². The number of para-hydroxylation sites is 1. The molecule has 59 heavy (non-hydrogen) atoms. The lowest BCUT2D eigenvalue weighted by atomic mass is 9.83. The molecule has 0 saturated carbocycles. The van der Waals surface area contributed by atoms with Gasteiger partial charge in [-0.2, -0.15) is 57.1 Å². The van der Waals surface area contributed by atoms with Crippen LogP contribution < -0.4 is 14.8 Å². The summed E-state index contributed by atoms with van der Waals surface area (Å²) in [4.78, 5) is 7.88. The molecule has 20 heteroatoms. The van der Waals surface area contributed by atoms with Gasteiger partial charge in [0.15, 0.2) is 10.1 Å². The highest BCUT2D eigenvalue weighted by Gasteiger charge is 2.91. The molecule has 5 rings (SSSR count). The van der Waals surface area contributed by atoms with E-state index >= 15 is 0 Å². The third-order valence-corrected chi connectivity index (χ3v) is 9.69. The number of allylic oxidation sites excluding steroid dienone is 3. The van der Waals surface area contributed by atoms with Crippen LogP contribution in [0.3, 0.4) is 0 Å². The minimum absolute atomic E-state index is 1.08. The van der Waals surface area contributed by atoms with Crippen molar-refractivity contribution in [3.63, 3.8) is 0 Å². The predicted molar refractivity (Wildman–Crippen MR) is 195 cm³/mol. The van der Waals surface area contributed by atoms with Crippen molar-refractivity contribution in [3.05, 3.63) is 138 Å². The number of nitrogens with one attached hydrogen (secondary N) is 1. The van der Waals surface area contributed by atoms with E-state index in [0.717, 1.165) is 11.4 Å². The van der Waals surface area contributed by atoms with Crippen LogP contribution in [0.15, 0.2) is 115 Å². The fourth-order valence-corrected chi connectivity index (χ4v) is 5.99. The second-order valence-electron chi connectivity index (χ2n) is 13.2. The van der Waals surface area contributed by atoms with Crippen LogP contribution in [0.5, 0.6) is 0 Å². The van der Waals surface area contributed by atoms with Crippen LogP contribution in [-0.2, 0) is 10.1 Å². The summed E-state index contributed by atoms with van der Waals surface area (Å²) in [5.74, 6) is -32.6. The summed E-state index contributed by atoms with van der Waals surface area (Å²) < 4.78 is 189. The maximum absolute atomic E-state index is 12.7. The number of halogens is 13. The van der Waals surface area contributed by atoms with Crippen LogP contribution in [0, 0.1) is 0 Å². The van der Waals surface area contributed by atoms with Gasteiger partial charge in [0, 0.05) is 57.8 Å². The number of hydrogen-bond acceptors (Lipinski definition) is 5. The Hall–Kier alpha value is -5.37. The minimum atomic E-state index is -8.29. The van der Waals surface area contributed by atoms with Crippen molar-refractivity contribution in [1.29, 1.82) is 0 Å². The standard InChI is InChI=1S/C33H31N3.C6HF13O3S/c1-35(2)27-18-14-24(15-19-27)33(25-16-20-28(21-17-25)36(3)4)31-22-23-32(30-13-9-8-12-29(30)31)34-26-10-6-5-7-11-26;7-1(8,3(11,12)5(15,16)17)2(9,10)4(13,14)6(18,19)23(20,21)22/h5-23H,1-4H3;(H,20,21,22). The lowest BCUT2D eigenvalue weighted by Crippen LogP contribution is -2.71. The van der Waals surface area contributed by atoms with E-state index in [0.29, 0.717) is 0 Å². The van der Waals surface area contributed by atoms with Gasteiger partial charge in [-0.3, -0.25) is 0 Å². The quantitative estimate of drug-likeness (QED) is 0.128. The number of alkyl halides is 13. The smallest absolute Gasteiger partial charge is 0.460 e. The van der Waals surface area contributed by atoms with Gasteiger partial charge in [0.25, 0.3) is 0 Å². The lowest BCUT2D eigenvalue weighted by molar-refractivity contribution is -0.433. The summed E-state index contributed by atoms with van der Waals surface area (Å²) in [7, 11) is 0.443. The summed E-state index contributed by atoms with van der Waals surface area (Å²) in [6.07, 6.45) is -3.16. The Morgan fingerprint density at radius 3 is 1.34 bits per heavy atom. The maximum atomic E-state index is 12.7. The summed E-state index contributed by atoms with van der Waals surface area (Å²) in [5.41, 5.74) is 11.8. The molecule has 0 unspecified atom stereocenters. The normalized spacial score (nSPS) is 14.7. The van der Waals surface area contributed by atoms with Crippen LogP contribution >= 0.6 is 0 Å². The van der Waals surface area contributed by atoms with E-state index in [2.05, 4.69) is 152 Å². The van der Waals surface area contributed by atoms with Crippen LogP contribution in [0.2, 0.25) is 0 Å². The first-order chi connectivity index (χ1) is 27.0. The summed E-state index contributed by atoms with van der Waals surface area (Å²) in [6, 6.07) is 36.7. The molecule has 0 radical (unpaired) electrons. The van der Waals surface area contributed by atoms with Crippen molar-refractivity contribution < 1.29 is 75.0 Å². The van der Waals surface area contributed by atoms with Gasteiger partial charge in [-0.1, -0.05) is 60.7 Å². The molecule has 0 saturated heterocycles. The number of benzene rings is 4. The second-order valence-corrected chi connectivity index (χ2v) is 14.6. The number of hydrogen-bond donors (Lipinski definition) is 1. The molecule has 1 aliphatic carbocycles. The van der Waals surface area contributed by atoms with Crippen molar-refractivity contribution in [2.75, 3.05) is 38.0 Å². The van der Waals surface area contributed by atoms with Crippen molar-refractivity contribution in [2.24, 2.45) is 0 Å². The monoisotopic (exact) mass is 869 g/mol. The molecule has 1 N–H and O–H groups in total. The summed E-state index contributed by atoms with van der Waals surface area (Å²) >= 11 is 0. The zero-order valence-electron chi connectivity index (χ0n) is 30.9. The highest BCUT2D eigenvalue weighted by Crippen LogP contribution is 2.60. The molecule has 0 spiro atoms. The van der Waals surface area contributed by atoms with E-state index in [-0.39, 0.29) is 0 Å². The van der Waals surface area contributed by atoms with E-state index in [9.17, 15) is 70.0 Å². The molecule has 1 aliphatic rings. The Morgan fingerprint density at radius 1 is 0.525 bits per heavy atom. The molecule has 6 nitrogen and oxygen atoms in total. The molecule has 0 amide bonds. The SMILES string of the molecule is CN(C)c1ccc(C(=C2C=CC(=[NH+]c3ccccc3)c3ccccc32)c2ccc(N(C)C)cc2)cc1.O=S(=O)([O-])C(F)(F)C(F)(F)C(F)(F)C(F)(F)C(F)(F)C(F)(F)F. The molecule has 0 aliphatic heterocycles. The third-order valence-electron chi connectivity index (χ3n) is 8.81. The van der Waals surface area contributed by atoms with Crippen LogP contribution in [0.4, 0.5) is 74.1 Å². The number of rotatable bonds is 10. The van der Waals surface area contributed by atoms with Gasteiger partial charge in [0.2, 0.25) is 11.4 Å². The molecule has 318 valence electrons. The molecule has 0 aromatic heterocycles. The van der Waals surface area contributed by atoms with E-state index in [1.807, 2.05) is 6.07 Å². The van der Waals surface area contributed by atoms with Gasteiger partial charge >= 0.3 is 35.1 Å². The van der Waals surface area contributed by atoms with Crippen molar-refractivity contribution in [2.45, 2.75) is 35.1 Å². The molecular weight excluding hydrogens is 837 g/mol. The average Bonchev–Trinajstić information content (AvgIpc) is 3.15. The van der Waals surface area contributed by atoms with Crippen LogP contribution in [0.25, 0.3) is 11.1 Å². The fourth-order valence-electron chi connectivity index (χ4n) is 5.55. The van der Waals surface area contributed by atoms with Crippen molar-refractivity contribution in [1.82, 2.24) is 0 Å². The van der Waals surface area contributed by atoms with E-state index in [1.54, 1.807) is 0 Å². The fraction of sp³-hybridized carbons (Fsp3) is 0.256. The molecule has 0 atom stereocenters. The van der Waals surface area contributed by atoms with Gasteiger partial charge in [0.05, 0.1) is 5.56 Å². The molecular formula is C39H32F13N3O3S.